The van der Waals surface area contributed by atoms with Crippen molar-refractivity contribution < 1.29 is 17.9 Å². The normalized spacial score (nSPS) is 11.8. The number of benzene rings is 2. The van der Waals surface area contributed by atoms with Gasteiger partial charge in [-0.05, 0) is 35.2 Å². The van der Waals surface area contributed by atoms with Crippen molar-refractivity contribution in [1.29, 1.82) is 0 Å². The van der Waals surface area contributed by atoms with E-state index in [2.05, 4.69) is 13.8 Å². The number of hydrogen-bond donors (Lipinski definition) is 0. The van der Waals surface area contributed by atoms with Gasteiger partial charge in [0.1, 0.15) is 6.61 Å². The third kappa shape index (κ3) is 4.63. The van der Waals surface area contributed by atoms with Crippen LogP contribution in [0.1, 0.15) is 41.3 Å². The van der Waals surface area contributed by atoms with Gasteiger partial charge >= 0.3 is 5.97 Å². The van der Waals surface area contributed by atoms with Crippen molar-refractivity contribution in [2.75, 3.05) is 14.1 Å². The SMILES string of the molecule is CC(C)c1ccc(COC(=O)c2cc(S(=O)(=O)N(C)C)ccc2Cl)cc1. The molecule has 0 unspecified atom stereocenters. The maximum absolute atomic E-state index is 12.3. The minimum Gasteiger partial charge on any atom is -0.457 e. The summed E-state index contributed by atoms with van der Waals surface area (Å²) in [6, 6.07) is 11.8. The fourth-order valence-corrected chi connectivity index (χ4v) is 3.38. The smallest absolute Gasteiger partial charge is 0.340 e. The number of nitrogens with zero attached hydrogens (tertiary/aromatic N) is 1. The molecule has 0 bridgehead atoms. The molecule has 0 aromatic heterocycles. The third-order valence-electron chi connectivity index (χ3n) is 3.95. The molecular weight excluding hydrogens is 374 g/mol. The molecule has 0 radical (unpaired) electrons. The molecule has 0 N–H and O–H groups in total. The minimum atomic E-state index is -3.66. The number of hydrogen-bond acceptors (Lipinski definition) is 4. The topological polar surface area (TPSA) is 63.7 Å². The van der Waals surface area contributed by atoms with Gasteiger partial charge in [-0.3, -0.25) is 0 Å². The molecule has 7 heteroatoms. The molecule has 0 heterocycles. The summed E-state index contributed by atoms with van der Waals surface area (Å²) in [7, 11) is -0.824. The van der Waals surface area contributed by atoms with Crippen molar-refractivity contribution >= 4 is 27.6 Å². The molecular formula is C19H22ClNO4S. The zero-order chi connectivity index (χ0) is 19.5. The number of halogens is 1. The van der Waals surface area contributed by atoms with Crippen LogP contribution in [-0.4, -0.2) is 32.8 Å². The van der Waals surface area contributed by atoms with Crippen molar-refractivity contribution in [2.24, 2.45) is 0 Å². The number of sulfonamides is 1. The van der Waals surface area contributed by atoms with Crippen molar-refractivity contribution in [1.82, 2.24) is 4.31 Å². The molecule has 26 heavy (non-hydrogen) atoms. The zero-order valence-corrected chi connectivity index (χ0v) is 16.8. The molecule has 0 spiro atoms. The molecule has 0 aliphatic heterocycles. The first-order valence-corrected chi connectivity index (χ1v) is 9.92. The summed E-state index contributed by atoms with van der Waals surface area (Å²) in [5.74, 6) is -0.245. The number of esters is 1. The van der Waals surface area contributed by atoms with Crippen LogP contribution in [0.3, 0.4) is 0 Å². The lowest BCUT2D eigenvalue weighted by molar-refractivity contribution is 0.0472. The Morgan fingerprint density at radius 3 is 2.27 bits per heavy atom. The van der Waals surface area contributed by atoms with Gasteiger partial charge < -0.3 is 4.74 Å². The Balaban J connectivity index is 2.16. The van der Waals surface area contributed by atoms with Crippen LogP contribution in [0.2, 0.25) is 5.02 Å². The van der Waals surface area contributed by atoms with E-state index >= 15 is 0 Å². The summed E-state index contributed by atoms with van der Waals surface area (Å²) >= 11 is 6.05. The van der Waals surface area contributed by atoms with Crippen LogP contribution >= 0.6 is 11.6 Å². The van der Waals surface area contributed by atoms with Crippen molar-refractivity contribution in [3.8, 4) is 0 Å². The van der Waals surface area contributed by atoms with Crippen molar-refractivity contribution in [3.05, 3.63) is 64.2 Å². The highest BCUT2D eigenvalue weighted by atomic mass is 35.5. The summed E-state index contributed by atoms with van der Waals surface area (Å²) < 4.78 is 30.8. The number of rotatable bonds is 6. The molecule has 0 saturated heterocycles. The Labute approximate surface area is 159 Å². The molecule has 0 atom stereocenters. The molecule has 0 fully saturated rings. The summed E-state index contributed by atoms with van der Waals surface area (Å²) in [5.41, 5.74) is 2.06. The first kappa shape index (κ1) is 20.4. The highest BCUT2D eigenvalue weighted by Crippen LogP contribution is 2.23. The van der Waals surface area contributed by atoms with Gasteiger partial charge in [0.05, 0.1) is 15.5 Å². The van der Waals surface area contributed by atoms with Crippen molar-refractivity contribution in [3.63, 3.8) is 0 Å². The molecule has 2 aromatic rings. The van der Waals surface area contributed by atoms with Crippen LogP contribution in [0.4, 0.5) is 0 Å². The summed E-state index contributed by atoms with van der Waals surface area (Å²) in [6.07, 6.45) is 0. The molecule has 2 aromatic carbocycles. The zero-order valence-electron chi connectivity index (χ0n) is 15.2. The van der Waals surface area contributed by atoms with E-state index in [0.717, 1.165) is 9.87 Å². The summed E-state index contributed by atoms with van der Waals surface area (Å²) in [6.45, 7) is 4.29. The van der Waals surface area contributed by atoms with Crippen LogP contribution in [0, 0.1) is 0 Å². The monoisotopic (exact) mass is 395 g/mol. The highest BCUT2D eigenvalue weighted by molar-refractivity contribution is 7.89. The Morgan fingerprint density at radius 1 is 1.12 bits per heavy atom. The second-order valence-electron chi connectivity index (χ2n) is 6.40. The number of carbonyl (C=O) groups excluding carboxylic acids is 1. The summed E-state index contributed by atoms with van der Waals surface area (Å²) in [5, 5.41) is 0.142. The molecule has 5 nitrogen and oxygen atoms in total. The van der Waals surface area contributed by atoms with Gasteiger partial charge in [0.25, 0.3) is 0 Å². The van der Waals surface area contributed by atoms with E-state index in [0.29, 0.717) is 5.92 Å². The maximum Gasteiger partial charge on any atom is 0.340 e. The number of ether oxygens (including phenoxy) is 1. The van der Waals surface area contributed by atoms with E-state index in [-0.39, 0.29) is 22.1 Å². The molecule has 0 saturated carbocycles. The third-order valence-corrected chi connectivity index (χ3v) is 6.09. The van der Waals surface area contributed by atoms with E-state index in [9.17, 15) is 13.2 Å². The highest BCUT2D eigenvalue weighted by Gasteiger charge is 2.21. The maximum atomic E-state index is 12.3. The second-order valence-corrected chi connectivity index (χ2v) is 8.96. The van der Waals surface area contributed by atoms with Gasteiger partial charge in [0, 0.05) is 14.1 Å². The van der Waals surface area contributed by atoms with E-state index in [1.807, 2.05) is 24.3 Å². The standard InChI is InChI=1S/C19H22ClNO4S/c1-13(2)15-7-5-14(6-8-15)12-25-19(22)17-11-16(9-10-18(17)20)26(23,24)21(3)4/h5-11,13H,12H2,1-4H3. The average Bonchev–Trinajstić information content (AvgIpc) is 2.60. The lowest BCUT2D eigenvalue weighted by atomic mass is 10.0. The Bertz CT molecular complexity index is 890. The fourth-order valence-electron chi connectivity index (χ4n) is 2.26. The number of carbonyl (C=O) groups is 1. The lowest BCUT2D eigenvalue weighted by Gasteiger charge is -2.13. The van der Waals surface area contributed by atoms with Gasteiger partial charge in [-0.2, -0.15) is 0 Å². The second kappa shape index (κ2) is 8.20. The van der Waals surface area contributed by atoms with E-state index in [1.54, 1.807) is 0 Å². The average molecular weight is 396 g/mol. The Kier molecular flexibility index (Phi) is 6.44. The molecule has 2 rings (SSSR count). The van der Waals surface area contributed by atoms with E-state index in [1.165, 1.54) is 37.9 Å². The molecule has 0 aliphatic carbocycles. The summed E-state index contributed by atoms with van der Waals surface area (Å²) in [4.78, 5) is 12.3. The van der Waals surface area contributed by atoms with Gasteiger partial charge in [0.15, 0.2) is 0 Å². The predicted octanol–water partition coefficient (Wildman–Crippen LogP) is 4.07. The largest absolute Gasteiger partial charge is 0.457 e. The van der Waals surface area contributed by atoms with Crippen LogP contribution in [0.5, 0.6) is 0 Å². The molecule has 0 amide bonds. The van der Waals surface area contributed by atoms with Crippen LogP contribution in [0.15, 0.2) is 47.4 Å². The fraction of sp³-hybridized carbons (Fsp3) is 0.316. The lowest BCUT2D eigenvalue weighted by Crippen LogP contribution is -2.22. The van der Waals surface area contributed by atoms with Gasteiger partial charge in [-0.15, -0.1) is 0 Å². The van der Waals surface area contributed by atoms with Crippen LogP contribution in [-0.2, 0) is 21.4 Å². The minimum absolute atomic E-state index is 0.0138. The molecule has 140 valence electrons. The predicted molar refractivity (Wildman–Crippen MR) is 102 cm³/mol. The van der Waals surface area contributed by atoms with Gasteiger partial charge in [-0.1, -0.05) is 49.7 Å². The van der Waals surface area contributed by atoms with E-state index in [4.69, 9.17) is 16.3 Å². The van der Waals surface area contributed by atoms with Crippen molar-refractivity contribution in [2.45, 2.75) is 31.3 Å². The van der Waals surface area contributed by atoms with Gasteiger partial charge in [0.2, 0.25) is 10.0 Å². The van der Waals surface area contributed by atoms with Crippen LogP contribution in [0.25, 0.3) is 0 Å². The Hall–Kier alpha value is -1.89. The Morgan fingerprint density at radius 2 is 1.73 bits per heavy atom. The first-order valence-electron chi connectivity index (χ1n) is 8.11. The van der Waals surface area contributed by atoms with Gasteiger partial charge in [-0.25, -0.2) is 17.5 Å². The quantitative estimate of drug-likeness (QED) is 0.691. The molecule has 0 aliphatic rings. The van der Waals surface area contributed by atoms with E-state index < -0.39 is 16.0 Å². The van der Waals surface area contributed by atoms with Crippen LogP contribution < -0.4 is 0 Å². The first-order chi connectivity index (χ1) is 12.1.